The van der Waals surface area contributed by atoms with Gasteiger partial charge in [-0.3, -0.25) is 38.8 Å². The third-order valence-corrected chi connectivity index (χ3v) is 36.2. The lowest BCUT2D eigenvalue weighted by Gasteiger charge is -2.44. The van der Waals surface area contributed by atoms with Gasteiger partial charge in [-0.25, -0.2) is 58.1 Å². The minimum Gasteiger partial charge on any atom is -0.396 e. The molecular formula is C79H84F6N12O7S2Si2. The van der Waals surface area contributed by atoms with Crippen LogP contribution in [0.1, 0.15) is 145 Å². The van der Waals surface area contributed by atoms with Gasteiger partial charge in [0.25, 0.3) is 0 Å². The largest absolute Gasteiger partial charge is 0.396 e. The molecule has 0 atom stereocenters. The van der Waals surface area contributed by atoms with Crippen LogP contribution in [-0.2, 0) is 20.0 Å². The predicted octanol–water partition coefficient (Wildman–Crippen LogP) is 18.5. The van der Waals surface area contributed by atoms with E-state index >= 15 is 8.78 Å². The molecule has 0 amide bonds. The maximum atomic E-state index is 15.7. The normalized spacial score (nSPS) is 12.2. The molecule has 9 heterocycles. The van der Waals surface area contributed by atoms with Crippen LogP contribution in [0.15, 0.2) is 165 Å². The number of carbonyl (C=O) groups excluding carboxylic acids is 3. The molecule has 19 nitrogen and oxygen atoms in total. The molecule has 3 aromatic carbocycles. The molecule has 9 aromatic heterocycles. The fourth-order valence-corrected chi connectivity index (χ4v) is 29.8. The number of H-pyrrole nitrogens is 1. The van der Waals surface area contributed by atoms with Crippen LogP contribution in [0.25, 0.3) is 66.5 Å². The Morgan fingerprint density at radius 2 is 0.778 bits per heavy atom. The van der Waals surface area contributed by atoms with E-state index in [2.05, 4.69) is 121 Å². The molecular weight excluding hydrogens is 1460 g/mol. The summed E-state index contributed by atoms with van der Waals surface area (Å²) in [6.45, 7) is 29.1. The number of hydrogen-bond donors (Lipinski definition) is 4. The number of ketones is 3. The first kappa shape index (κ1) is 80.1. The van der Waals surface area contributed by atoms with E-state index in [0.717, 1.165) is 58.7 Å². The second-order valence-electron chi connectivity index (χ2n) is 28.2. The van der Waals surface area contributed by atoms with Crippen LogP contribution < -0.4 is 15.2 Å². The van der Waals surface area contributed by atoms with Crippen molar-refractivity contribution in [1.29, 1.82) is 0 Å². The highest BCUT2D eigenvalue weighted by molar-refractivity contribution is 7.92. The number of anilines is 3. The lowest BCUT2D eigenvalue weighted by molar-refractivity contribution is 0.102. The van der Waals surface area contributed by atoms with Crippen molar-refractivity contribution in [3.63, 3.8) is 0 Å². The summed E-state index contributed by atoms with van der Waals surface area (Å²) in [7, 11) is -12.5. The number of nitrogens with one attached hydrogen (secondary N) is 3. The van der Waals surface area contributed by atoms with E-state index in [1.807, 2.05) is 41.1 Å². The molecule has 564 valence electrons. The minimum absolute atomic E-state index is 0.00142. The van der Waals surface area contributed by atoms with E-state index in [1.54, 1.807) is 86.4 Å². The van der Waals surface area contributed by atoms with Gasteiger partial charge >= 0.3 is 0 Å². The maximum Gasteiger partial charge on any atom is 0.232 e. The second kappa shape index (κ2) is 32.1. The molecule has 0 unspecified atom stereocenters. The molecule has 0 fully saturated rings. The van der Waals surface area contributed by atoms with Gasteiger partial charge in [-0.15, -0.1) is 0 Å². The Balaban J connectivity index is 0.000000174. The Bertz CT molecular complexity index is 5590. The van der Waals surface area contributed by atoms with E-state index in [1.165, 1.54) is 20.0 Å². The number of carbonyl (C=O) groups is 3. The van der Waals surface area contributed by atoms with Crippen LogP contribution in [-0.4, -0.2) is 106 Å². The molecule has 0 saturated carbocycles. The number of aromatic nitrogens is 9. The molecule has 0 aliphatic rings. The van der Waals surface area contributed by atoms with Gasteiger partial charge in [0, 0.05) is 141 Å². The zero-order valence-corrected chi connectivity index (χ0v) is 65.7. The first-order valence-corrected chi connectivity index (χ1v) is 42.8. The van der Waals surface area contributed by atoms with Crippen molar-refractivity contribution in [1.82, 2.24) is 43.4 Å². The topological polar surface area (TPSA) is 273 Å². The first-order chi connectivity index (χ1) is 51.1. The Morgan fingerprint density at radius 3 is 1.12 bits per heavy atom. The number of nitrogens with two attached hydrogens (primary N) is 1. The van der Waals surface area contributed by atoms with Crippen LogP contribution in [0.4, 0.5) is 43.4 Å². The Morgan fingerprint density at radius 1 is 0.444 bits per heavy atom. The van der Waals surface area contributed by atoms with Crippen molar-refractivity contribution >= 4 is 104 Å². The third-order valence-electron chi connectivity index (χ3n) is 20.2. The molecule has 0 saturated heterocycles. The summed E-state index contributed by atoms with van der Waals surface area (Å²) >= 11 is 0. The number of nitrogen functional groups attached to an aromatic ring is 1. The summed E-state index contributed by atoms with van der Waals surface area (Å²) < 4.78 is 146. The number of nitrogens with zero attached hydrogens (tertiary/aromatic N) is 8. The molecule has 108 heavy (non-hydrogen) atoms. The fourth-order valence-electron chi connectivity index (χ4n) is 15.4. The van der Waals surface area contributed by atoms with Gasteiger partial charge in [-0.2, -0.15) is 0 Å². The highest BCUT2D eigenvalue weighted by Crippen LogP contribution is 2.48. The van der Waals surface area contributed by atoms with E-state index in [-0.39, 0.29) is 50.5 Å². The number of pyridine rings is 6. The number of sulfonamides is 2. The number of rotatable bonds is 23. The minimum atomic E-state index is -3.87. The number of halogens is 6. The molecule has 0 spiro atoms. The van der Waals surface area contributed by atoms with Gasteiger partial charge in [0.15, 0.2) is 33.9 Å². The number of benzene rings is 3. The molecule has 5 N–H and O–H groups in total. The SMILES string of the molecule is CC(C)[Si](C(C)C)(C(C)C)n1cc(C(=O)c2c(F)ccc(N)c2F)c2cc(-c3cccnc3)cnc21.CCS(=O)(=O)Nc1ccc(F)c(C(=O)c2c[nH]c3ncc(-c4cccnc4)cc23)c1F.CCS(=O)(=O)Nc1ccc(F)c(C(=O)c2cn([Si](C(C)C)(C(C)C)C(C)C)c3ncc(-c4cccnc4)cc23)c1F. The summed E-state index contributed by atoms with van der Waals surface area (Å²) in [5, 5.41) is 1.39. The Labute approximate surface area is 625 Å². The zero-order chi connectivity index (χ0) is 78.8. The summed E-state index contributed by atoms with van der Waals surface area (Å²) in [5.41, 5.74) is 10.2. The lowest BCUT2D eigenvalue weighted by atomic mass is 10.00. The van der Waals surface area contributed by atoms with Crippen molar-refractivity contribution in [3.8, 4) is 33.4 Å². The molecule has 0 radical (unpaired) electrons. The van der Waals surface area contributed by atoms with Gasteiger partial charge in [0.1, 0.15) is 34.4 Å². The quantitative estimate of drug-likeness (QED) is 0.0201. The standard InChI is InChI=1S/C30H36F2N4O3SSi.C28H32F2N4OSi.C21H16F2N4O3S/c1-8-40(38,39)35-26-12-11-25(31)27(28(26)32)29(37)24-17-36(41(18(2)3,19(4)5)20(6)7)30-23(24)14-22(16-34-30)21-10-9-13-33-15-21;1-16(2)36(17(3)4,18(5)6)34-15-22(27(35)25-23(29)9-10-24(31)26(25)30)21-12-20(14-33-28(21)34)19-8-7-11-32-13-19;1-2-31(29,30)27-17-6-5-16(22)18(19(17)23)20(28)15-11-26-21-14(15)8-13(10-25-21)12-4-3-7-24-9-12/h9-20,35H,8H2,1-7H3;7-18H,31H2,1-6H3;3-11,27H,2H2,1H3,(H,25,26). The van der Waals surface area contributed by atoms with Crippen LogP contribution in [0, 0.1) is 34.9 Å². The van der Waals surface area contributed by atoms with Crippen molar-refractivity contribution < 1.29 is 57.6 Å². The average Bonchev–Trinajstić information content (AvgIpc) is 1.57. The van der Waals surface area contributed by atoms with E-state index in [4.69, 9.17) is 15.7 Å². The predicted molar refractivity (Wildman–Crippen MR) is 418 cm³/mol. The Hall–Kier alpha value is -10.5. The van der Waals surface area contributed by atoms with E-state index in [9.17, 15) is 48.8 Å². The molecule has 12 aromatic rings. The van der Waals surface area contributed by atoms with Gasteiger partial charge in [0.2, 0.25) is 37.4 Å². The lowest BCUT2D eigenvalue weighted by Crippen LogP contribution is -2.51. The number of aromatic amines is 1. The van der Waals surface area contributed by atoms with E-state index < -0.39 is 117 Å². The smallest absolute Gasteiger partial charge is 0.232 e. The molecule has 29 heteroatoms. The van der Waals surface area contributed by atoms with Crippen molar-refractivity contribution in [2.24, 2.45) is 0 Å². The number of hydrogen-bond acceptors (Lipinski definition) is 14. The van der Waals surface area contributed by atoms with Crippen LogP contribution in [0.2, 0.25) is 33.2 Å². The van der Waals surface area contributed by atoms with Crippen LogP contribution >= 0.6 is 0 Å². The van der Waals surface area contributed by atoms with E-state index in [0.29, 0.717) is 60.9 Å². The maximum absolute atomic E-state index is 15.7. The molecule has 12 rings (SSSR count). The van der Waals surface area contributed by atoms with Crippen molar-refractivity contribution in [3.05, 3.63) is 234 Å². The number of fused-ring (bicyclic) bond motifs is 3. The Kier molecular flexibility index (Phi) is 23.8. The van der Waals surface area contributed by atoms with Crippen molar-refractivity contribution in [2.75, 3.05) is 26.7 Å². The zero-order valence-electron chi connectivity index (χ0n) is 62.1. The average molecular weight is 1550 g/mol. The van der Waals surface area contributed by atoms with Crippen LogP contribution in [0.5, 0.6) is 0 Å². The van der Waals surface area contributed by atoms with Gasteiger partial charge in [-0.05, 0) is 120 Å². The summed E-state index contributed by atoms with van der Waals surface area (Å²) in [6, 6.07) is 22.1. The fraction of sp³-hybridized carbons (Fsp3) is 0.278. The summed E-state index contributed by atoms with van der Waals surface area (Å²) in [4.78, 5) is 70.1. The summed E-state index contributed by atoms with van der Waals surface area (Å²) in [5.74, 6) is -9.90. The summed E-state index contributed by atoms with van der Waals surface area (Å²) in [6.07, 6.45) is 19.9. The highest BCUT2D eigenvalue weighted by atomic mass is 32.2. The molecule has 0 aliphatic carbocycles. The highest BCUT2D eigenvalue weighted by Gasteiger charge is 2.49. The van der Waals surface area contributed by atoms with Crippen LogP contribution in [0.3, 0.4) is 0 Å². The van der Waals surface area contributed by atoms with Gasteiger partial charge in [0.05, 0.1) is 45.3 Å². The monoisotopic (exact) mass is 1550 g/mol. The molecule has 0 bridgehead atoms. The van der Waals surface area contributed by atoms with Gasteiger partial charge in [-0.1, -0.05) is 101 Å². The van der Waals surface area contributed by atoms with Crippen molar-refractivity contribution in [2.45, 2.75) is 130 Å². The third kappa shape index (κ3) is 15.2. The molecule has 0 aliphatic heterocycles. The second-order valence-corrected chi connectivity index (χ2v) is 43.6. The first-order valence-electron chi connectivity index (χ1n) is 35.1. The van der Waals surface area contributed by atoms with Gasteiger partial charge < -0.3 is 19.2 Å².